The third kappa shape index (κ3) is 1.94. The van der Waals surface area contributed by atoms with Gasteiger partial charge in [-0.1, -0.05) is 0 Å². The van der Waals surface area contributed by atoms with Crippen molar-refractivity contribution in [3.8, 4) is 0 Å². The van der Waals surface area contributed by atoms with Crippen LogP contribution in [0.2, 0.25) is 0 Å². The van der Waals surface area contributed by atoms with E-state index in [1.165, 1.54) is 12.8 Å². The van der Waals surface area contributed by atoms with Crippen LogP contribution in [0, 0.1) is 0 Å². The maximum atomic E-state index is 3.38. The predicted molar refractivity (Wildman–Crippen MR) is 42.9 cm³/mol. The molecule has 3 nitrogen and oxygen atoms in total. The lowest BCUT2D eigenvalue weighted by atomic mass is 10.0. The fourth-order valence-electron chi connectivity index (χ4n) is 1.40. The Morgan fingerprint density at radius 3 is 2.70 bits per heavy atom. The summed E-state index contributed by atoms with van der Waals surface area (Å²) in [6, 6.07) is 0.693. The molecular formula is C7H17N3. The molecule has 10 heavy (non-hydrogen) atoms. The summed E-state index contributed by atoms with van der Waals surface area (Å²) < 4.78 is 0. The van der Waals surface area contributed by atoms with Crippen molar-refractivity contribution in [1.82, 2.24) is 16.0 Å². The first-order valence-corrected chi connectivity index (χ1v) is 3.94. The van der Waals surface area contributed by atoms with E-state index in [1.807, 2.05) is 14.1 Å². The average molecular weight is 143 g/mol. The molecule has 0 bridgehead atoms. The molecule has 0 spiro atoms. The van der Waals surface area contributed by atoms with Crippen LogP contribution in [0.25, 0.3) is 0 Å². The van der Waals surface area contributed by atoms with Gasteiger partial charge in [-0.3, -0.25) is 0 Å². The van der Waals surface area contributed by atoms with Gasteiger partial charge in [-0.15, -0.1) is 0 Å². The average Bonchev–Trinajstić information content (AvgIpc) is 2.05. The van der Waals surface area contributed by atoms with Gasteiger partial charge >= 0.3 is 0 Å². The van der Waals surface area contributed by atoms with E-state index in [-0.39, 0.29) is 0 Å². The van der Waals surface area contributed by atoms with Crippen LogP contribution >= 0.6 is 0 Å². The zero-order valence-corrected chi connectivity index (χ0v) is 6.78. The first-order valence-electron chi connectivity index (χ1n) is 3.94. The second-order valence-corrected chi connectivity index (χ2v) is 2.81. The Bertz CT molecular complexity index is 84.9. The Balaban J connectivity index is 2.25. The standard InChI is InChI=1S/C7H17N3/c1-8-6-3-4-10-7(5-6)9-2/h6-10H,3-5H2,1-2H3. The molecule has 1 saturated heterocycles. The van der Waals surface area contributed by atoms with E-state index in [2.05, 4.69) is 16.0 Å². The molecule has 0 aromatic carbocycles. The van der Waals surface area contributed by atoms with Crippen molar-refractivity contribution in [2.75, 3.05) is 20.6 Å². The fourth-order valence-corrected chi connectivity index (χ4v) is 1.40. The highest BCUT2D eigenvalue weighted by molar-refractivity contribution is 4.78. The van der Waals surface area contributed by atoms with Crippen LogP contribution in [0.4, 0.5) is 0 Å². The Morgan fingerprint density at radius 2 is 2.10 bits per heavy atom. The molecule has 0 aliphatic carbocycles. The maximum Gasteiger partial charge on any atom is 0.0584 e. The second-order valence-electron chi connectivity index (χ2n) is 2.81. The molecule has 1 heterocycles. The van der Waals surface area contributed by atoms with Crippen molar-refractivity contribution in [1.29, 1.82) is 0 Å². The smallest absolute Gasteiger partial charge is 0.0584 e. The van der Waals surface area contributed by atoms with Crippen LogP contribution in [0.15, 0.2) is 0 Å². The van der Waals surface area contributed by atoms with Gasteiger partial charge in [0.05, 0.1) is 6.17 Å². The van der Waals surface area contributed by atoms with E-state index in [1.54, 1.807) is 0 Å². The van der Waals surface area contributed by atoms with Gasteiger partial charge in [0.15, 0.2) is 0 Å². The highest BCUT2D eigenvalue weighted by atomic mass is 15.1. The van der Waals surface area contributed by atoms with Gasteiger partial charge in [0, 0.05) is 6.04 Å². The van der Waals surface area contributed by atoms with Crippen LogP contribution in [0.5, 0.6) is 0 Å². The highest BCUT2D eigenvalue weighted by Gasteiger charge is 2.17. The summed E-state index contributed by atoms with van der Waals surface area (Å²) in [5.74, 6) is 0. The molecule has 3 heteroatoms. The summed E-state index contributed by atoms with van der Waals surface area (Å²) in [4.78, 5) is 0. The molecule has 0 saturated carbocycles. The summed E-state index contributed by atoms with van der Waals surface area (Å²) in [6.07, 6.45) is 2.94. The molecule has 1 rings (SSSR count). The fraction of sp³-hybridized carbons (Fsp3) is 1.00. The summed E-state index contributed by atoms with van der Waals surface area (Å²) in [7, 11) is 4.03. The number of piperidine rings is 1. The molecule has 2 atom stereocenters. The molecule has 2 unspecified atom stereocenters. The van der Waals surface area contributed by atoms with Crippen LogP contribution in [0.3, 0.4) is 0 Å². The highest BCUT2D eigenvalue weighted by Crippen LogP contribution is 2.04. The molecule has 3 N–H and O–H groups in total. The minimum Gasteiger partial charge on any atom is -0.317 e. The lowest BCUT2D eigenvalue weighted by Crippen LogP contribution is -2.50. The summed E-state index contributed by atoms with van der Waals surface area (Å²) >= 11 is 0. The summed E-state index contributed by atoms with van der Waals surface area (Å²) in [6.45, 7) is 1.12. The van der Waals surface area contributed by atoms with E-state index in [4.69, 9.17) is 0 Å². The van der Waals surface area contributed by atoms with Gasteiger partial charge in [0.1, 0.15) is 0 Å². The molecule has 60 valence electrons. The normalized spacial score (nSPS) is 34.2. The van der Waals surface area contributed by atoms with Crippen molar-refractivity contribution in [2.45, 2.75) is 25.0 Å². The van der Waals surface area contributed by atoms with Gasteiger partial charge in [0.25, 0.3) is 0 Å². The number of hydrogen-bond acceptors (Lipinski definition) is 3. The van der Waals surface area contributed by atoms with Crippen molar-refractivity contribution in [3.05, 3.63) is 0 Å². The van der Waals surface area contributed by atoms with Crippen molar-refractivity contribution >= 4 is 0 Å². The Hall–Kier alpha value is -0.120. The largest absolute Gasteiger partial charge is 0.317 e. The van der Waals surface area contributed by atoms with Gasteiger partial charge in [-0.25, -0.2) is 0 Å². The maximum absolute atomic E-state index is 3.38. The van der Waals surface area contributed by atoms with E-state index >= 15 is 0 Å². The zero-order chi connectivity index (χ0) is 7.40. The number of rotatable bonds is 2. The number of hydrogen-bond donors (Lipinski definition) is 3. The van der Waals surface area contributed by atoms with Crippen molar-refractivity contribution in [2.24, 2.45) is 0 Å². The van der Waals surface area contributed by atoms with Crippen molar-refractivity contribution < 1.29 is 0 Å². The van der Waals surface area contributed by atoms with Gasteiger partial charge in [0.2, 0.25) is 0 Å². The van der Waals surface area contributed by atoms with Gasteiger partial charge < -0.3 is 16.0 Å². The minimum absolute atomic E-state index is 0.506. The minimum atomic E-state index is 0.506. The molecule has 0 aromatic rings. The van der Waals surface area contributed by atoms with E-state index in [9.17, 15) is 0 Å². The lowest BCUT2D eigenvalue weighted by molar-refractivity contribution is 0.305. The monoisotopic (exact) mass is 143 g/mol. The zero-order valence-electron chi connectivity index (χ0n) is 6.78. The molecule has 1 fully saturated rings. The predicted octanol–water partition coefficient (Wildman–Crippen LogP) is -0.497. The quantitative estimate of drug-likeness (QED) is 0.488. The molecule has 0 aromatic heterocycles. The molecule has 1 aliphatic heterocycles. The third-order valence-electron chi connectivity index (χ3n) is 2.16. The van der Waals surface area contributed by atoms with E-state index in [0.29, 0.717) is 12.2 Å². The first-order chi connectivity index (χ1) is 4.86. The van der Waals surface area contributed by atoms with Crippen LogP contribution < -0.4 is 16.0 Å². The SMILES string of the molecule is CNC1CCNC(NC)C1. The molecule has 1 aliphatic rings. The Kier molecular flexibility index (Phi) is 3.12. The van der Waals surface area contributed by atoms with Crippen LogP contribution in [-0.4, -0.2) is 32.8 Å². The van der Waals surface area contributed by atoms with E-state index < -0.39 is 0 Å². The molecular weight excluding hydrogens is 126 g/mol. The third-order valence-corrected chi connectivity index (χ3v) is 2.16. The summed E-state index contributed by atoms with van der Waals surface area (Å²) in [5, 5.41) is 9.89. The summed E-state index contributed by atoms with van der Waals surface area (Å²) in [5.41, 5.74) is 0. The lowest BCUT2D eigenvalue weighted by Gasteiger charge is -2.29. The van der Waals surface area contributed by atoms with Crippen LogP contribution in [-0.2, 0) is 0 Å². The Morgan fingerprint density at radius 1 is 1.30 bits per heavy atom. The van der Waals surface area contributed by atoms with Crippen molar-refractivity contribution in [3.63, 3.8) is 0 Å². The molecule has 0 radical (unpaired) electrons. The van der Waals surface area contributed by atoms with Gasteiger partial charge in [-0.2, -0.15) is 0 Å². The topological polar surface area (TPSA) is 36.1 Å². The molecule has 0 amide bonds. The Labute approximate surface area is 62.6 Å². The van der Waals surface area contributed by atoms with E-state index in [0.717, 1.165) is 6.54 Å². The first kappa shape index (κ1) is 7.98. The number of nitrogens with one attached hydrogen (secondary N) is 3. The van der Waals surface area contributed by atoms with Crippen LogP contribution in [0.1, 0.15) is 12.8 Å². The second kappa shape index (κ2) is 3.91. The van der Waals surface area contributed by atoms with Gasteiger partial charge in [-0.05, 0) is 33.5 Å².